The van der Waals surface area contributed by atoms with Crippen molar-refractivity contribution < 1.29 is 9.53 Å². The summed E-state index contributed by atoms with van der Waals surface area (Å²) in [5, 5.41) is 6.00. The molecule has 126 valence electrons. The number of hydrogen-bond donors (Lipinski definition) is 2. The zero-order valence-electron chi connectivity index (χ0n) is 14.0. The van der Waals surface area contributed by atoms with Crippen LogP contribution in [0, 0.1) is 6.92 Å². The highest BCUT2D eigenvalue weighted by atomic mass is 16.5. The number of allylic oxidation sites excluding steroid dienone is 1. The summed E-state index contributed by atoms with van der Waals surface area (Å²) in [6.07, 6.45) is 8.12. The number of carbonyl (C=O) groups is 1. The monoisotopic (exact) mass is 318 g/mol. The van der Waals surface area contributed by atoms with E-state index >= 15 is 0 Å². The van der Waals surface area contributed by atoms with E-state index in [2.05, 4.69) is 26.7 Å². The second-order valence-corrected chi connectivity index (χ2v) is 5.75. The highest BCUT2D eigenvalue weighted by Gasteiger charge is 2.11. The third kappa shape index (κ3) is 5.98. The van der Waals surface area contributed by atoms with E-state index in [0.717, 1.165) is 18.5 Å². The molecule has 1 aromatic rings. The molecule has 1 aromatic heterocycles. The van der Waals surface area contributed by atoms with Crippen LogP contribution < -0.4 is 10.6 Å². The van der Waals surface area contributed by atoms with E-state index in [0.29, 0.717) is 31.3 Å². The van der Waals surface area contributed by atoms with Gasteiger partial charge in [-0.3, -0.25) is 4.79 Å². The SMILES string of the molecule is COCCNc1nc(C)cc(C(=O)NCCC2=CCCCC2)n1. The Bertz CT molecular complexity index is 558. The zero-order chi connectivity index (χ0) is 16.5. The van der Waals surface area contributed by atoms with Gasteiger partial charge in [0, 0.05) is 25.9 Å². The predicted molar refractivity (Wildman–Crippen MR) is 90.6 cm³/mol. The highest BCUT2D eigenvalue weighted by molar-refractivity contribution is 5.92. The molecule has 0 bridgehead atoms. The fraction of sp³-hybridized carbons (Fsp3) is 0.588. The highest BCUT2D eigenvalue weighted by Crippen LogP contribution is 2.19. The van der Waals surface area contributed by atoms with E-state index < -0.39 is 0 Å². The van der Waals surface area contributed by atoms with Crippen molar-refractivity contribution in [2.45, 2.75) is 39.0 Å². The van der Waals surface area contributed by atoms with Gasteiger partial charge in [0.05, 0.1) is 6.61 Å². The van der Waals surface area contributed by atoms with Gasteiger partial charge in [0.25, 0.3) is 5.91 Å². The quantitative estimate of drug-likeness (QED) is 0.569. The Labute approximate surface area is 137 Å². The zero-order valence-corrected chi connectivity index (χ0v) is 14.0. The lowest BCUT2D eigenvalue weighted by molar-refractivity contribution is 0.0949. The van der Waals surface area contributed by atoms with Crippen LogP contribution in [0.15, 0.2) is 17.7 Å². The molecule has 0 spiro atoms. The van der Waals surface area contributed by atoms with Gasteiger partial charge in [-0.25, -0.2) is 9.97 Å². The Hall–Kier alpha value is -1.95. The van der Waals surface area contributed by atoms with Crippen molar-refractivity contribution in [1.29, 1.82) is 0 Å². The van der Waals surface area contributed by atoms with Crippen LogP contribution in [0.5, 0.6) is 0 Å². The molecule has 23 heavy (non-hydrogen) atoms. The van der Waals surface area contributed by atoms with Crippen LogP contribution in [0.1, 0.15) is 48.3 Å². The van der Waals surface area contributed by atoms with Crippen LogP contribution in [-0.2, 0) is 4.74 Å². The Morgan fingerprint density at radius 2 is 2.17 bits per heavy atom. The van der Waals surface area contributed by atoms with Crippen molar-refractivity contribution >= 4 is 11.9 Å². The van der Waals surface area contributed by atoms with E-state index in [1.807, 2.05) is 6.92 Å². The summed E-state index contributed by atoms with van der Waals surface area (Å²) in [4.78, 5) is 20.8. The summed E-state index contributed by atoms with van der Waals surface area (Å²) in [6, 6.07) is 1.71. The molecule has 0 fully saturated rings. The molecule has 1 heterocycles. The number of ether oxygens (including phenoxy) is 1. The number of anilines is 1. The smallest absolute Gasteiger partial charge is 0.270 e. The number of rotatable bonds is 8. The summed E-state index contributed by atoms with van der Waals surface area (Å²) >= 11 is 0. The molecule has 1 aliphatic rings. The molecule has 1 amide bonds. The third-order valence-corrected chi connectivity index (χ3v) is 3.79. The Balaban J connectivity index is 1.86. The number of hydrogen-bond acceptors (Lipinski definition) is 5. The molecule has 6 nitrogen and oxygen atoms in total. The van der Waals surface area contributed by atoms with Crippen molar-refractivity contribution in [3.63, 3.8) is 0 Å². The summed E-state index contributed by atoms with van der Waals surface area (Å²) in [6.45, 7) is 3.68. The molecule has 0 saturated heterocycles. The van der Waals surface area contributed by atoms with Crippen molar-refractivity contribution in [2.75, 3.05) is 32.1 Å². The largest absolute Gasteiger partial charge is 0.383 e. The Morgan fingerprint density at radius 1 is 1.30 bits per heavy atom. The maximum Gasteiger partial charge on any atom is 0.270 e. The molecule has 0 aliphatic heterocycles. The molecule has 0 aromatic carbocycles. The van der Waals surface area contributed by atoms with Gasteiger partial charge < -0.3 is 15.4 Å². The fourth-order valence-electron chi connectivity index (χ4n) is 2.59. The standard InChI is InChI=1S/C17H26N4O2/c1-13-12-15(21-17(20-13)19-10-11-23-2)16(22)18-9-8-14-6-4-3-5-7-14/h6,12H,3-5,7-11H2,1-2H3,(H,18,22)(H,19,20,21). The van der Waals surface area contributed by atoms with Crippen LogP contribution in [0.2, 0.25) is 0 Å². The first kappa shape index (κ1) is 17.4. The second-order valence-electron chi connectivity index (χ2n) is 5.75. The van der Waals surface area contributed by atoms with Gasteiger partial charge in [-0.2, -0.15) is 0 Å². The lowest BCUT2D eigenvalue weighted by atomic mass is 9.97. The molecule has 2 rings (SSSR count). The summed E-state index contributed by atoms with van der Waals surface area (Å²) in [5.74, 6) is 0.309. The van der Waals surface area contributed by atoms with Crippen LogP contribution in [0.25, 0.3) is 0 Å². The minimum atomic E-state index is -0.151. The molecule has 2 N–H and O–H groups in total. The van der Waals surface area contributed by atoms with Gasteiger partial charge in [0.15, 0.2) is 0 Å². The topological polar surface area (TPSA) is 76.1 Å². The molecule has 0 saturated carbocycles. The van der Waals surface area contributed by atoms with Crippen LogP contribution in [0.4, 0.5) is 5.95 Å². The molecule has 0 radical (unpaired) electrons. The van der Waals surface area contributed by atoms with E-state index in [-0.39, 0.29) is 5.91 Å². The molecule has 1 aliphatic carbocycles. The number of amides is 1. The van der Waals surface area contributed by atoms with E-state index in [9.17, 15) is 4.79 Å². The lowest BCUT2D eigenvalue weighted by Crippen LogP contribution is -2.26. The first-order chi connectivity index (χ1) is 11.2. The second kappa shape index (κ2) is 9.25. The molecule has 0 atom stereocenters. The molecule has 6 heteroatoms. The number of aryl methyl sites for hydroxylation is 1. The number of carbonyl (C=O) groups excluding carboxylic acids is 1. The summed E-state index contributed by atoms with van der Waals surface area (Å²) in [5.41, 5.74) is 2.62. The maximum absolute atomic E-state index is 12.2. The normalized spacial score (nSPS) is 14.3. The fourth-order valence-corrected chi connectivity index (χ4v) is 2.59. The van der Waals surface area contributed by atoms with Gasteiger partial charge in [-0.1, -0.05) is 11.6 Å². The minimum absolute atomic E-state index is 0.151. The number of methoxy groups -OCH3 is 1. The van der Waals surface area contributed by atoms with Gasteiger partial charge in [-0.05, 0) is 45.1 Å². The minimum Gasteiger partial charge on any atom is -0.383 e. The van der Waals surface area contributed by atoms with Gasteiger partial charge in [-0.15, -0.1) is 0 Å². The van der Waals surface area contributed by atoms with Crippen LogP contribution in [-0.4, -0.2) is 42.7 Å². The van der Waals surface area contributed by atoms with Crippen molar-refractivity contribution in [1.82, 2.24) is 15.3 Å². The average Bonchev–Trinajstić information content (AvgIpc) is 2.55. The molecular weight excluding hydrogens is 292 g/mol. The number of nitrogens with one attached hydrogen (secondary N) is 2. The van der Waals surface area contributed by atoms with E-state index in [4.69, 9.17) is 4.74 Å². The van der Waals surface area contributed by atoms with Gasteiger partial charge >= 0.3 is 0 Å². The maximum atomic E-state index is 12.2. The Morgan fingerprint density at radius 3 is 2.91 bits per heavy atom. The van der Waals surface area contributed by atoms with E-state index in [1.165, 1.54) is 24.8 Å². The summed E-state index contributed by atoms with van der Waals surface area (Å²) < 4.78 is 4.98. The van der Waals surface area contributed by atoms with Crippen molar-refractivity contribution in [3.05, 3.63) is 29.1 Å². The van der Waals surface area contributed by atoms with Crippen LogP contribution in [0.3, 0.4) is 0 Å². The number of nitrogens with zero attached hydrogens (tertiary/aromatic N) is 2. The lowest BCUT2D eigenvalue weighted by Gasteiger charge is -2.13. The van der Waals surface area contributed by atoms with Gasteiger partial charge in [0.2, 0.25) is 5.95 Å². The van der Waals surface area contributed by atoms with Crippen LogP contribution >= 0.6 is 0 Å². The average molecular weight is 318 g/mol. The Kier molecular flexibility index (Phi) is 7.00. The predicted octanol–water partition coefficient (Wildman–Crippen LogP) is 2.46. The van der Waals surface area contributed by atoms with E-state index in [1.54, 1.807) is 13.2 Å². The number of aromatic nitrogens is 2. The summed E-state index contributed by atoms with van der Waals surface area (Å²) in [7, 11) is 1.64. The van der Waals surface area contributed by atoms with Crippen molar-refractivity contribution in [2.24, 2.45) is 0 Å². The first-order valence-corrected chi connectivity index (χ1v) is 8.23. The first-order valence-electron chi connectivity index (χ1n) is 8.23. The van der Waals surface area contributed by atoms with Gasteiger partial charge in [0.1, 0.15) is 5.69 Å². The molecular formula is C17H26N4O2. The molecule has 0 unspecified atom stereocenters. The third-order valence-electron chi connectivity index (χ3n) is 3.79. The van der Waals surface area contributed by atoms with Crippen molar-refractivity contribution in [3.8, 4) is 0 Å².